The lowest BCUT2D eigenvalue weighted by molar-refractivity contribution is 0.0163. The predicted octanol–water partition coefficient (Wildman–Crippen LogP) is 4.02. The number of hydrogen-bond acceptors (Lipinski definition) is 4. The van der Waals surface area contributed by atoms with E-state index in [1.807, 2.05) is 6.07 Å². The fourth-order valence-electron chi connectivity index (χ4n) is 2.62. The van der Waals surface area contributed by atoms with Gasteiger partial charge < -0.3 is 5.32 Å². The van der Waals surface area contributed by atoms with Gasteiger partial charge in [-0.25, -0.2) is 22.7 Å². The molecular weight excluding hydrogens is 331 g/mol. The molecule has 3 rings (SSSR count). The van der Waals surface area contributed by atoms with E-state index in [4.69, 9.17) is 5.26 Å². The standard InChI is InChI=1S/C17H14F3N5/c1-10(13-7-12(18)3-4-14(13)17(2,19)20)23-15-5-6-25-16(24-15)11(8-21)9-22-25/h3-7,9-10H,1-2H3,(H,23,24)/t10-/m1/s1. The first kappa shape index (κ1) is 16.8. The fourth-order valence-corrected chi connectivity index (χ4v) is 2.62. The molecule has 0 spiro atoms. The lowest BCUT2D eigenvalue weighted by Crippen LogP contribution is -2.17. The molecule has 0 aliphatic carbocycles. The molecule has 128 valence electrons. The number of nitrogens with zero attached hydrogens (tertiary/aromatic N) is 4. The summed E-state index contributed by atoms with van der Waals surface area (Å²) in [6.07, 6.45) is 2.98. The van der Waals surface area contributed by atoms with Gasteiger partial charge in [0.2, 0.25) is 0 Å². The van der Waals surface area contributed by atoms with Crippen LogP contribution in [-0.4, -0.2) is 14.6 Å². The molecule has 5 nitrogen and oxygen atoms in total. The van der Waals surface area contributed by atoms with E-state index in [2.05, 4.69) is 15.4 Å². The number of alkyl halides is 2. The van der Waals surface area contributed by atoms with E-state index in [9.17, 15) is 13.2 Å². The van der Waals surface area contributed by atoms with E-state index < -0.39 is 17.8 Å². The molecule has 0 radical (unpaired) electrons. The summed E-state index contributed by atoms with van der Waals surface area (Å²) < 4.78 is 42.6. The number of nitriles is 1. The van der Waals surface area contributed by atoms with Crippen molar-refractivity contribution in [2.75, 3.05) is 5.32 Å². The molecule has 0 aliphatic heterocycles. The second-order valence-corrected chi connectivity index (χ2v) is 5.74. The fraction of sp³-hybridized carbons (Fsp3) is 0.235. The number of rotatable bonds is 4. The molecule has 0 aliphatic rings. The Kier molecular flexibility index (Phi) is 4.08. The van der Waals surface area contributed by atoms with Gasteiger partial charge in [0.05, 0.1) is 12.2 Å². The summed E-state index contributed by atoms with van der Waals surface area (Å²) in [4.78, 5) is 4.27. The Hall–Kier alpha value is -3.08. The maximum absolute atomic E-state index is 13.8. The van der Waals surface area contributed by atoms with E-state index in [-0.39, 0.29) is 11.1 Å². The van der Waals surface area contributed by atoms with Gasteiger partial charge >= 0.3 is 0 Å². The largest absolute Gasteiger partial charge is 0.363 e. The third-order valence-electron chi connectivity index (χ3n) is 3.81. The molecule has 3 aromatic rings. The summed E-state index contributed by atoms with van der Waals surface area (Å²) in [5.41, 5.74) is 0.531. The number of benzene rings is 1. The van der Waals surface area contributed by atoms with Crippen LogP contribution in [0, 0.1) is 17.1 Å². The van der Waals surface area contributed by atoms with Gasteiger partial charge in [0, 0.05) is 18.7 Å². The van der Waals surface area contributed by atoms with Gasteiger partial charge in [-0.05, 0) is 36.8 Å². The Morgan fingerprint density at radius 1 is 1.32 bits per heavy atom. The summed E-state index contributed by atoms with van der Waals surface area (Å²) in [6.45, 7) is 2.41. The molecule has 8 heteroatoms. The minimum atomic E-state index is -3.10. The molecule has 25 heavy (non-hydrogen) atoms. The van der Waals surface area contributed by atoms with E-state index in [1.54, 1.807) is 19.2 Å². The van der Waals surface area contributed by atoms with Gasteiger partial charge in [0.15, 0.2) is 5.65 Å². The van der Waals surface area contributed by atoms with E-state index in [0.29, 0.717) is 17.0 Å². The lowest BCUT2D eigenvalue weighted by Gasteiger charge is -2.22. The van der Waals surface area contributed by atoms with Crippen LogP contribution in [0.4, 0.5) is 19.0 Å². The van der Waals surface area contributed by atoms with Crippen molar-refractivity contribution in [2.45, 2.75) is 25.8 Å². The predicted molar refractivity (Wildman–Crippen MR) is 85.7 cm³/mol. The Balaban J connectivity index is 1.96. The van der Waals surface area contributed by atoms with Crippen LogP contribution in [-0.2, 0) is 5.92 Å². The topological polar surface area (TPSA) is 66.0 Å². The molecule has 0 fully saturated rings. The summed E-state index contributed by atoms with van der Waals surface area (Å²) in [7, 11) is 0. The van der Waals surface area contributed by atoms with Crippen LogP contribution in [0.2, 0.25) is 0 Å². The van der Waals surface area contributed by atoms with Crippen molar-refractivity contribution in [3.63, 3.8) is 0 Å². The van der Waals surface area contributed by atoms with Crippen LogP contribution < -0.4 is 5.32 Å². The average molecular weight is 345 g/mol. The SMILES string of the molecule is C[C@@H](Nc1ccn2ncc(C#N)c2n1)c1cc(F)ccc1C(C)(F)F. The third-order valence-corrected chi connectivity index (χ3v) is 3.81. The van der Waals surface area contributed by atoms with Gasteiger partial charge in [0.25, 0.3) is 5.92 Å². The molecule has 1 aromatic carbocycles. The zero-order chi connectivity index (χ0) is 18.2. The van der Waals surface area contributed by atoms with Crippen LogP contribution in [0.1, 0.15) is 36.6 Å². The monoisotopic (exact) mass is 345 g/mol. The molecule has 0 unspecified atom stereocenters. The summed E-state index contributed by atoms with van der Waals surface area (Å²) in [5.74, 6) is -3.33. The Morgan fingerprint density at radius 3 is 2.76 bits per heavy atom. The molecule has 0 amide bonds. The molecule has 1 atom stereocenters. The molecule has 0 saturated heterocycles. The number of halogens is 3. The van der Waals surface area contributed by atoms with Gasteiger partial charge in [-0.2, -0.15) is 10.4 Å². The highest BCUT2D eigenvalue weighted by Gasteiger charge is 2.29. The lowest BCUT2D eigenvalue weighted by atomic mass is 9.97. The molecule has 0 bridgehead atoms. The molecule has 0 saturated carbocycles. The number of nitrogens with one attached hydrogen (secondary N) is 1. The maximum Gasteiger partial charge on any atom is 0.270 e. The Morgan fingerprint density at radius 2 is 2.08 bits per heavy atom. The van der Waals surface area contributed by atoms with Crippen LogP contribution in [0.3, 0.4) is 0 Å². The Bertz CT molecular complexity index is 969. The van der Waals surface area contributed by atoms with Crippen LogP contribution >= 0.6 is 0 Å². The van der Waals surface area contributed by atoms with Crippen molar-refractivity contribution in [3.05, 3.63) is 59.2 Å². The van der Waals surface area contributed by atoms with Crippen molar-refractivity contribution in [1.29, 1.82) is 5.26 Å². The first-order valence-electron chi connectivity index (χ1n) is 7.48. The second-order valence-electron chi connectivity index (χ2n) is 5.74. The number of hydrogen-bond donors (Lipinski definition) is 1. The zero-order valence-electron chi connectivity index (χ0n) is 13.5. The summed E-state index contributed by atoms with van der Waals surface area (Å²) in [5, 5.41) is 16.0. The highest BCUT2D eigenvalue weighted by atomic mass is 19.3. The normalized spacial score (nSPS) is 12.8. The summed E-state index contributed by atoms with van der Waals surface area (Å²) >= 11 is 0. The summed E-state index contributed by atoms with van der Waals surface area (Å²) in [6, 6.07) is 6.14. The smallest absolute Gasteiger partial charge is 0.270 e. The average Bonchev–Trinajstić information content (AvgIpc) is 2.96. The van der Waals surface area contributed by atoms with Gasteiger partial charge in [0.1, 0.15) is 23.3 Å². The minimum Gasteiger partial charge on any atom is -0.363 e. The Labute approximate surface area is 141 Å². The van der Waals surface area contributed by atoms with Crippen molar-refractivity contribution in [2.24, 2.45) is 0 Å². The molecule has 2 aromatic heterocycles. The van der Waals surface area contributed by atoms with Crippen LogP contribution in [0.5, 0.6) is 0 Å². The van der Waals surface area contributed by atoms with E-state index >= 15 is 0 Å². The minimum absolute atomic E-state index is 0.142. The first-order chi connectivity index (χ1) is 11.8. The van der Waals surface area contributed by atoms with Crippen molar-refractivity contribution in [3.8, 4) is 6.07 Å². The quantitative estimate of drug-likeness (QED) is 0.775. The maximum atomic E-state index is 13.8. The van der Waals surface area contributed by atoms with E-state index in [1.165, 1.54) is 10.7 Å². The van der Waals surface area contributed by atoms with Gasteiger partial charge in [-0.1, -0.05) is 0 Å². The van der Waals surface area contributed by atoms with Gasteiger partial charge in [-0.3, -0.25) is 0 Å². The number of anilines is 1. The molecular formula is C17H14F3N5. The van der Waals surface area contributed by atoms with Crippen molar-refractivity contribution >= 4 is 11.5 Å². The number of aromatic nitrogens is 3. The van der Waals surface area contributed by atoms with Gasteiger partial charge in [-0.15, -0.1) is 0 Å². The highest BCUT2D eigenvalue weighted by molar-refractivity contribution is 5.57. The van der Waals surface area contributed by atoms with Crippen LogP contribution in [0.25, 0.3) is 5.65 Å². The second kappa shape index (κ2) is 6.09. The number of fused-ring (bicyclic) bond motifs is 1. The van der Waals surface area contributed by atoms with Crippen molar-refractivity contribution in [1.82, 2.24) is 14.6 Å². The zero-order valence-corrected chi connectivity index (χ0v) is 13.5. The molecule has 1 N–H and O–H groups in total. The third kappa shape index (κ3) is 3.26. The van der Waals surface area contributed by atoms with Crippen LogP contribution in [0.15, 0.2) is 36.7 Å². The molecule has 2 heterocycles. The highest BCUT2D eigenvalue weighted by Crippen LogP contribution is 2.34. The first-order valence-corrected chi connectivity index (χ1v) is 7.48. The van der Waals surface area contributed by atoms with Crippen molar-refractivity contribution < 1.29 is 13.2 Å². The van der Waals surface area contributed by atoms with E-state index in [0.717, 1.165) is 25.1 Å².